The molecular formula is C30H28ClF3N2O6. The van der Waals surface area contributed by atoms with Gasteiger partial charge in [-0.3, -0.25) is 4.79 Å². The van der Waals surface area contributed by atoms with E-state index in [0.29, 0.717) is 34.3 Å². The SMILES string of the molecule is COc1cc(NC(C(=O)N2CC3(CC3)c3ccc(OC(F)(F)F)cc32)c2ccc(Cl)cc2)cc(OC(C)(C)C(=O)O)c1. The number of hydrogen-bond donors (Lipinski definition) is 2. The number of benzene rings is 3. The lowest BCUT2D eigenvalue weighted by molar-refractivity contribution is -0.274. The molecule has 2 N–H and O–H groups in total. The first-order chi connectivity index (χ1) is 19.7. The summed E-state index contributed by atoms with van der Waals surface area (Å²) in [6.45, 7) is 3.11. The van der Waals surface area contributed by atoms with Crippen LogP contribution in [0.3, 0.4) is 0 Å². The van der Waals surface area contributed by atoms with Crippen molar-refractivity contribution < 1.29 is 42.1 Å². The van der Waals surface area contributed by atoms with Crippen LogP contribution in [0.2, 0.25) is 5.02 Å². The first-order valence-corrected chi connectivity index (χ1v) is 13.4. The summed E-state index contributed by atoms with van der Waals surface area (Å²) in [4.78, 5) is 27.4. The summed E-state index contributed by atoms with van der Waals surface area (Å²) in [6.07, 6.45) is -3.27. The second-order valence-corrected chi connectivity index (χ2v) is 11.3. The zero-order valence-corrected chi connectivity index (χ0v) is 23.7. The van der Waals surface area contributed by atoms with Crippen LogP contribution in [0.5, 0.6) is 17.2 Å². The standard InChI is InChI=1S/C30H28ClF3N2O6/c1-28(2,27(38)39)41-22-13-19(12-21(14-22)40-3)35-25(17-4-6-18(31)7-5-17)26(37)36-16-29(10-11-29)23-9-8-20(15-24(23)36)42-30(32,33)34/h4-9,12-15,25,35H,10-11,16H2,1-3H3,(H,38,39). The van der Waals surface area contributed by atoms with Crippen molar-refractivity contribution in [2.75, 3.05) is 23.9 Å². The average Bonchev–Trinajstić information content (AvgIpc) is 3.62. The van der Waals surface area contributed by atoms with Crippen molar-refractivity contribution in [1.82, 2.24) is 0 Å². The van der Waals surface area contributed by atoms with E-state index < -0.39 is 35.6 Å². The van der Waals surface area contributed by atoms with E-state index in [9.17, 15) is 27.9 Å². The molecule has 2 aliphatic rings. The molecule has 1 amide bonds. The van der Waals surface area contributed by atoms with E-state index in [1.165, 1.54) is 44.1 Å². The Kier molecular flexibility index (Phi) is 7.42. The van der Waals surface area contributed by atoms with Crippen molar-refractivity contribution in [3.63, 3.8) is 0 Å². The molecule has 1 aliphatic heterocycles. The molecule has 0 saturated heterocycles. The van der Waals surface area contributed by atoms with Crippen LogP contribution >= 0.6 is 11.6 Å². The monoisotopic (exact) mass is 604 g/mol. The molecule has 12 heteroatoms. The summed E-state index contributed by atoms with van der Waals surface area (Å²) in [5.41, 5.74) is 0.218. The van der Waals surface area contributed by atoms with Gasteiger partial charge in [-0.2, -0.15) is 0 Å². The predicted octanol–water partition coefficient (Wildman–Crippen LogP) is 6.72. The van der Waals surface area contributed by atoms with Crippen LogP contribution in [-0.4, -0.2) is 42.6 Å². The Labute approximate surface area is 244 Å². The number of carbonyl (C=O) groups excluding carboxylic acids is 1. The van der Waals surface area contributed by atoms with Gasteiger partial charge in [-0.05, 0) is 56.0 Å². The third kappa shape index (κ3) is 6.06. The zero-order valence-electron chi connectivity index (χ0n) is 22.9. The molecule has 222 valence electrons. The van der Waals surface area contributed by atoms with E-state index >= 15 is 0 Å². The van der Waals surface area contributed by atoms with Gasteiger partial charge in [-0.1, -0.05) is 29.8 Å². The quantitative estimate of drug-likeness (QED) is 0.280. The molecule has 42 heavy (non-hydrogen) atoms. The topological polar surface area (TPSA) is 97.3 Å². The molecule has 1 saturated carbocycles. The van der Waals surface area contributed by atoms with E-state index in [0.717, 1.165) is 18.4 Å². The minimum atomic E-state index is -4.88. The second-order valence-electron chi connectivity index (χ2n) is 10.9. The number of carboxylic acids is 1. The van der Waals surface area contributed by atoms with Crippen LogP contribution in [0.4, 0.5) is 24.5 Å². The van der Waals surface area contributed by atoms with Crippen molar-refractivity contribution in [3.8, 4) is 17.2 Å². The van der Waals surface area contributed by atoms with Gasteiger partial charge in [-0.25, -0.2) is 4.79 Å². The fourth-order valence-electron chi connectivity index (χ4n) is 5.06. The van der Waals surface area contributed by atoms with Crippen LogP contribution in [0.15, 0.2) is 60.7 Å². The molecule has 1 fully saturated rings. The number of aliphatic carboxylic acids is 1. The maximum Gasteiger partial charge on any atom is 0.573 e. The number of nitrogens with zero attached hydrogens (tertiary/aromatic N) is 1. The van der Waals surface area contributed by atoms with Crippen molar-refractivity contribution in [2.24, 2.45) is 0 Å². The number of ether oxygens (including phenoxy) is 3. The van der Waals surface area contributed by atoms with E-state index in [1.807, 2.05) is 0 Å². The Balaban J connectivity index is 1.53. The molecule has 1 atom stereocenters. The fourth-order valence-corrected chi connectivity index (χ4v) is 5.19. The summed E-state index contributed by atoms with van der Waals surface area (Å²) in [6, 6.07) is 14.4. The minimum Gasteiger partial charge on any atom is -0.497 e. The van der Waals surface area contributed by atoms with E-state index in [2.05, 4.69) is 10.1 Å². The van der Waals surface area contributed by atoms with Crippen molar-refractivity contribution >= 4 is 34.9 Å². The summed E-state index contributed by atoms with van der Waals surface area (Å²) < 4.78 is 54.3. The van der Waals surface area contributed by atoms with E-state index in [4.69, 9.17) is 21.1 Å². The van der Waals surface area contributed by atoms with E-state index in [-0.39, 0.29) is 11.2 Å². The number of carbonyl (C=O) groups is 2. The maximum atomic E-state index is 14.3. The third-order valence-electron chi connectivity index (χ3n) is 7.41. The number of hydrogen-bond acceptors (Lipinski definition) is 6. The highest BCUT2D eigenvalue weighted by Crippen LogP contribution is 2.57. The first kappa shape index (κ1) is 29.4. The number of halogens is 4. The van der Waals surface area contributed by atoms with Crippen molar-refractivity contribution in [2.45, 2.75) is 50.1 Å². The Bertz CT molecular complexity index is 1520. The van der Waals surface area contributed by atoms with Gasteiger partial charge >= 0.3 is 12.3 Å². The summed E-state index contributed by atoms with van der Waals surface area (Å²) in [5.74, 6) is -1.48. The molecule has 5 rings (SSSR count). The predicted molar refractivity (Wildman–Crippen MR) is 150 cm³/mol. The molecule has 0 radical (unpaired) electrons. The number of methoxy groups -OCH3 is 1. The lowest BCUT2D eigenvalue weighted by Crippen LogP contribution is -2.38. The van der Waals surface area contributed by atoms with Gasteiger partial charge in [0.15, 0.2) is 5.60 Å². The molecule has 3 aromatic carbocycles. The zero-order chi connectivity index (χ0) is 30.4. The largest absolute Gasteiger partial charge is 0.573 e. The van der Waals surface area contributed by atoms with Crippen LogP contribution in [0.25, 0.3) is 0 Å². The minimum absolute atomic E-state index is 0.184. The second kappa shape index (κ2) is 10.6. The fraction of sp³-hybridized carbons (Fsp3) is 0.333. The number of nitrogens with one attached hydrogen (secondary N) is 1. The van der Waals surface area contributed by atoms with Gasteiger partial charge < -0.3 is 29.5 Å². The number of rotatable bonds is 9. The maximum absolute atomic E-state index is 14.3. The van der Waals surface area contributed by atoms with Gasteiger partial charge in [0, 0.05) is 46.9 Å². The van der Waals surface area contributed by atoms with Gasteiger partial charge in [0.2, 0.25) is 0 Å². The molecule has 0 bridgehead atoms. The molecule has 0 aromatic heterocycles. The molecule has 1 spiro atoms. The van der Waals surface area contributed by atoms with Crippen LogP contribution in [0, 0.1) is 0 Å². The number of amides is 1. The number of carboxylic acid groups (broad SMARTS) is 1. The molecule has 1 aliphatic carbocycles. The Hall–Kier alpha value is -4.12. The average molecular weight is 605 g/mol. The molecular weight excluding hydrogens is 577 g/mol. The van der Waals surface area contributed by atoms with Gasteiger partial charge in [0.25, 0.3) is 5.91 Å². The smallest absolute Gasteiger partial charge is 0.497 e. The van der Waals surface area contributed by atoms with Crippen LogP contribution in [-0.2, 0) is 15.0 Å². The highest BCUT2D eigenvalue weighted by atomic mass is 35.5. The molecule has 3 aromatic rings. The van der Waals surface area contributed by atoms with Gasteiger partial charge in [0.05, 0.1) is 12.8 Å². The van der Waals surface area contributed by atoms with Crippen LogP contribution in [0.1, 0.15) is 43.9 Å². The van der Waals surface area contributed by atoms with Crippen LogP contribution < -0.4 is 24.4 Å². The molecule has 8 nitrogen and oxygen atoms in total. The summed E-state index contributed by atoms with van der Waals surface area (Å²) in [5, 5.41) is 13.2. The molecule has 1 unspecified atom stereocenters. The number of alkyl halides is 3. The molecule has 1 heterocycles. The first-order valence-electron chi connectivity index (χ1n) is 13.0. The summed E-state index contributed by atoms with van der Waals surface area (Å²) in [7, 11) is 1.43. The lowest BCUT2D eigenvalue weighted by atomic mass is 9.99. The third-order valence-corrected chi connectivity index (χ3v) is 7.66. The highest BCUT2D eigenvalue weighted by molar-refractivity contribution is 6.30. The van der Waals surface area contributed by atoms with E-state index in [1.54, 1.807) is 42.5 Å². The Morgan fingerprint density at radius 2 is 1.64 bits per heavy atom. The normalized spacial score (nSPS) is 16.0. The summed E-state index contributed by atoms with van der Waals surface area (Å²) >= 11 is 6.11. The lowest BCUT2D eigenvalue weighted by Gasteiger charge is -2.27. The van der Waals surface area contributed by atoms with Crippen molar-refractivity contribution in [1.29, 1.82) is 0 Å². The Morgan fingerprint density at radius 3 is 2.24 bits per heavy atom. The highest BCUT2D eigenvalue weighted by Gasteiger charge is 2.54. The van der Waals surface area contributed by atoms with Gasteiger partial charge in [-0.15, -0.1) is 13.2 Å². The number of fused-ring (bicyclic) bond motifs is 2. The van der Waals surface area contributed by atoms with Gasteiger partial charge in [0.1, 0.15) is 23.3 Å². The van der Waals surface area contributed by atoms with Crippen molar-refractivity contribution in [3.05, 3.63) is 76.8 Å². The number of anilines is 2. The Morgan fingerprint density at radius 1 is 0.976 bits per heavy atom.